The molecule has 0 saturated heterocycles. The second kappa shape index (κ2) is 15.4. The summed E-state index contributed by atoms with van der Waals surface area (Å²) in [7, 11) is 0. The fourth-order valence-electron chi connectivity index (χ4n) is 2.27. The Labute approximate surface area is 163 Å². The van der Waals surface area contributed by atoms with Crippen LogP contribution in [0.2, 0.25) is 0 Å². The molecule has 0 heterocycles. The average molecular weight is 375 g/mol. The first-order chi connectivity index (χ1) is 12.1. The van der Waals surface area contributed by atoms with Crippen molar-refractivity contribution in [2.24, 2.45) is 16.8 Å². The van der Waals surface area contributed by atoms with Crippen LogP contribution in [0.25, 0.3) is 0 Å². The molecule has 0 unspecified atom stereocenters. The number of nitrogens with two attached hydrogens (primary N) is 1. The standard InChI is InChI=1S/C19H40N2O3.C2H6/c1-8-17(15-16(2)3)21-24-12-10-19(6,7)23-14-13-22-18(4,5)9-11-20;1-2/h16H,8-15,20H2,1-7H3;1-2H3/b21-17-;. The Hall–Kier alpha value is -0.650. The number of nitrogens with zero attached hydrogens (tertiary/aromatic N) is 1. The van der Waals surface area contributed by atoms with Crippen LogP contribution in [-0.2, 0) is 14.3 Å². The van der Waals surface area contributed by atoms with Gasteiger partial charge in [0.15, 0.2) is 0 Å². The van der Waals surface area contributed by atoms with E-state index in [0.717, 1.165) is 31.4 Å². The zero-order valence-corrected chi connectivity index (χ0v) is 19.0. The van der Waals surface area contributed by atoms with E-state index in [1.165, 1.54) is 0 Å². The minimum absolute atomic E-state index is 0.187. The highest BCUT2D eigenvalue weighted by atomic mass is 16.6. The fraction of sp³-hybridized carbons (Fsp3) is 0.952. The molecule has 0 aromatic rings. The molecule has 0 amide bonds. The van der Waals surface area contributed by atoms with Crippen LogP contribution in [-0.4, -0.2) is 43.3 Å². The van der Waals surface area contributed by atoms with Gasteiger partial charge in [0.1, 0.15) is 6.61 Å². The van der Waals surface area contributed by atoms with Crippen molar-refractivity contribution >= 4 is 5.71 Å². The van der Waals surface area contributed by atoms with Gasteiger partial charge in [-0.2, -0.15) is 0 Å². The summed E-state index contributed by atoms with van der Waals surface area (Å²) in [5, 5.41) is 4.26. The summed E-state index contributed by atoms with van der Waals surface area (Å²) in [5.74, 6) is 0.607. The highest BCUT2D eigenvalue weighted by Crippen LogP contribution is 2.17. The zero-order chi connectivity index (χ0) is 20.6. The molecule has 5 heteroatoms. The summed E-state index contributed by atoms with van der Waals surface area (Å²) in [6.45, 7) is 21.1. The molecule has 0 rings (SSSR count). The fourth-order valence-corrected chi connectivity index (χ4v) is 2.27. The van der Waals surface area contributed by atoms with Crippen molar-refractivity contribution in [2.75, 3.05) is 26.4 Å². The molecule has 0 aromatic carbocycles. The molecule has 0 aromatic heterocycles. The predicted molar refractivity (Wildman–Crippen MR) is 113 cm³/mol. The molecule has 0 fully saturated rings. The number of hydrogen-bond donors (Lipinski definition) is 1. The van der Waals surface area contributed by atoms with Crippen molar-refractivity contribution in [1.29, 1.82) is 0 Å². The summed E-state index contributed by atoms with van der Waals surface area (Å²) in [6.07, 6.45) is 3.57. The van der Waals surface area contributed by atoms with E-state index in [1.807, 2.05) is 13.8 Å². The van der Waals surface area contributed by atoms with Gasteiger partial charge in [0.2, 0.25) is 0 Å². The van der Waals surface area contributed by atoms with Gasteiger partial charge in [-0.25, -0.2) is 0 Å². The molecule has 2 N–H and O–H groups in total. The number of hydrogen-bond acceptors (Lipinski definition) is 5. The number of oxime groups is 1. The molecule has 0 aliphatic heterocycles. The van der Waals surface area contributed by atoms with Crippen LogP contribution in [0.3, 0.4) is 0 Å². The van der Waals surface area contributed by atoms with Crippen molar-refractivity contribution in [3.63, 3.8) is 0 Å². The van der Waals surface area contributed by atoms with E-state index in [9.17, 15) is 0 Å². The van der Waals surface area contributed by atoms with Gasteiger partial charge in [-0.15, -0.1) is 0 Å². The Bertz CT molecular complexity index is 353. The molecule has 0 aliphatic rings. The Morgan fingerprint density at radius 2 is 1.42 bits per heavy atom. The molecule has 0 saturated carbocycles. The topological polar surface area (TPSA) is 66.1 Å². The Morgan fingerprint density at radius 1 is 0.923 bits per heavy atom. The highest BCUT2D eigenvalue weighted by molar-refractivity contribution is 5.83. The van der Waals surface area contributed by atoms with Gasteiger partial charge in [0, 0.05) is 6.42 Å². The first-order valence-electron chi connectivity index (χ1n) is 10.3. The first-order valence-corrected chi connectivity index (χ1v) is 10.3. The third kappa shape index (κ3) is 16.8. The van der Waals surface area contributed by atoms with Gasteiger partial charge in [-0.1, -0.05) is 39.8 Å². The lowest BCUT2D eigenvalue weighted by molar-refractivity contribution is -0.0933. The van der Waals surface area contributed by atoms with Crippen molar-refractivity contribution in [3.05, 3.63) is 0 Å². The SMILES string of the molecule is CC.CC/C(CC(C)C)=N/OCCC(C)(C)OCCOC(C)(C)CCN. The number of ether oxygens (including phenoxy) is 2. The van der Waals surface area contributed by atoms with Crippen LogP contribution >= 0.6 is 0 Å². The van der Waals surface area contributed by atoms with Crippen molar-refractivity contribution < 1.29 is 14.3 Å². The molecule has 158 valence electrons. The van der Waals surface area contributed by atoms with Gasteiger partial charge in [-0.3, -0.25) is 0 Å². The molecular weight excluding hydrogens is 328 g/mol. The van der Waals surface area contributed by atoms with Crippen LogP contribution in [0.4, 0.5) is 0 Å². The third-order valence-corrected chi connectivity index (χ3v) is 3.86. The highest BCUT2D eigenvalue weighted by Gasteiger charge is 2.20. The van der Waals surface area contributed by atoms with Crippen LogP contribution < -0.4 is 5.73 Å². The summed E-state index contributed by atoms with van der Waals surface area (Å²) in [4.78, 5) is 5.48. The van der Waals surface area contributed by atoms with E-state index >= 15 is 0 Å². The first kappa shape index (κ1) is 27.6. The minimum Gasteiger partial charge on any atom is -0.396 e. The maximum absolute atomic E-state index is 5.92. The van der Waals surface area contributed by atoms with E-state index in [2.05, 4.69) is 53.6 Å². The summed E-state index contributed by atoms with van der Waals surface area (Å²) in [6, 6.07) is 0. The average Bonchev–Trinajstić information content (AvgIpc) is 2.56. The van der Waals surface area contributed by atoms with E-state index in [4.69, 9.17) is 20.0 Å². The van der Waals surface area contributed by atoms with Crippen LogP contribution in [0.15, 0.2) is 5.16 Å². The molecular formula is C21H46N2O3. The lowest BCUT2D eigenvalue weighted by Crippen LogP contribution is -2.32. The summed E-state index contributed by atoms with van der Waals surface area (Å²) in [5.41, 5.74) is 6.27. The smallest absolute Gasteiger partial charge is 0.119 e. The normalized spacial score (nSPS) is 12.8. The second-order valence-corrected chi connectivity index (χ2v) is 7.95. The molecule has 0 spiro atoms. The molecule has 0 bridgehead atoms. The van der Waals surface area contributed by atoms with Gasteiger partial charge < -0.3 is 20.0 Å². The lowest BCUT2D eigenvalue weighted by Gasteiger charge is -2.28. The predicted octanol–water partition coefficient (Wildman–Crippen LogP) is 5.17. The maximum atomic E-state index is 5.92. The Morgan fingerprint density at radius 3 is 1.85 bits per heavy atom. The second-order valence-electron chi connectivity index (χ2n) is 7.95. The molecule has 5 nitrogen and oxygen atoms in total. The van der Waals surface area contributed by atoms with Gasteiger partial charge in [0.05, 0.1) is 30.1 Å². The third-order valence-electron chi connectivity index (χ3n) is 3.86. The van der Waals surface area contributed by atoms with E-state index in [-0.39, 0.29) is 11.2 Å². The van der Waals surface area contributed by atoms with Crippen molar-refractivity contribution in [3.8, 4) is 0 Å². The Kier molecular flexibility index (Phi) is 16.3. The largest absolute Gasteiger partial charge is 0.396 e. The molecule has 26 heavy (non-hydrogen) atoms. The lowest BCUT2D eigenvalue weighted by atomic mass is 10.1. The van der Waals surface area contributed by atoms with Gasteiger partial charge >= 0.3 is 0 Å². The molecule has 0 atom stereocenters. The zero-order valence-electron chi connectivity index (χ0n) is 19.0. The quantitative estimate of drug-likeness (QED) is 0.259. The van der Waals surface area contributed by atoms with Gasteiger partial charge in [-0.05, 0) is 59.4 Å². The molecule has 0 radical (unpaired) electrons. The van der Waals surface area contributed by atoms with Crippen LogP contribution in [0, 0.1) is 5.92 Å². The molecule has 0 aliphatic carbocycles. The van der Waals surface area contributed by atoms with E-state index in [1.54, 1.807) is 0 Å². The van der Waals surface area contributed by atoms with Crippen LogP contribution in [0.5, 0.6) is 0 Å². The Balaban J connectivity index is 0. The van der Waals surface area contributed by atoms with Crippen molar-refractivity contribution in [2.45, 2.75) is 99.2 Å². The minimum atomic E-state index is -0.249. The number of rotatable bonds is 14. The monoisotopic (exact) mass is 374 g/mol. The summed E-state index contributed by atoms with van der Waals surface area (Å²) >= 11 is 0. The summed E-state index contributed by atoms with van der Waals surface area (Å²) < 4.78 is 11.7. The maximum Gasteiger partial charge on any atom is 0.119 e. The van der Waals surface area contributed by atoms with Gasteiger partial charge in [0.25, 0.3) is 0 Å². The van der Waals surface area contributed by atoms with Crippen LogP contribution in [0.1, 0.15) is 88.0 Å². The van der Waals surface area contributed by atoms with Crippen molar-refractivity contribution in [1.82, 2.24) is 0 Å². The van der Waals surface area contributed by atoms with E-state index in [0.29, 0.717) is 32.3 Å². The van der Waals surface area contributed by atoms with E-state index < -0.39 is 0 Å².